The van der Waals surface area contributed by atoms with Gasteiger partial charge in [-0.3, -0.25) is 4.98 Å². The molecule has 2 heterocycles. The lowest BCUT2D eigenvalue weighted by atomic mass is 9.67. The first-order chi connectivity index (χ1) is 15.7. The van der Waals surface area contributed by atoms with Crippen LogP contribution in [0.15, 0.2) is 36.5 Å². The van der Waals surface area contributed by atoms with E-state index in [-0.39, 0.29) is 25.3 Å². The van der Waals surface area contributed by atoms with Crippen molar-refractivity contribution in [2.24, 2.45) is 11.3 Å². The number of aromatic nitrogens is 1. The van der Waals surface area contributed by atoms with Crippen molar-refractivity contribution in [1.29, 1.82) is 0 Å². The predicted octanol–water partition coefficient (Wildman–Crippen LogP) is 5.41. The molecule has 0 atom stereocenters. The highest BCUT2D eigenvalue weighted by Gasteiger charge is 2.58. The lowest BCUT2D eigenvalue weighted by Gasteiger charge is -2.47. The molecule has 1 aromatic carbocycles. The summed E-state index contributed by atoms with van der Waals surface area (Å²) in [5.74, 6) is -1.34. The highest BCUT2D eigenvalue weighted by atomic mass is 19.4. The van der Waals surface area contributed by atoms with Crippen LogP contribution >= 0.6 is 0 Å². The average molecular weight is 466 g/mol. The number of benzene rings is 1. The van der Waals surface area contributed by atoms with Gasteiger partial charge in [-0.25, -0.2) is 9.18 Å². The van der Waals surface area contributed by atoms with E-state index in [1.165, 1.54) is 18.3 Å². The molecule has 0 unspecified atom stereocenters. The Balaban J connectivity index is 1.26. The number of hydrogen-bond acceptors (Lipinski definition) is 4. The number of hydrogen-bond donors (Lipinski definition) is 1. The number of carboxylic acids is 1. The summed E-state index contributed by atoms with van der Waals surface area (Å²) in [6.45, 7) is 1.84. The second kappa shape index (κ2) is 9.29. The largest absolute Gasteiger partial charge is 0.492 e. The van der Waals surface area contributed by atoms with Crippen molar-refractivity contribution in [3.63, 3.8) is 0 Å². The van der Waals surface area contributed by atoms with E-state index in [4.69, 9.17) is 9.84 Å². The van der Waals surface area contributed by atoms with Gasteiger partial charge >= 0.3 is 12.1 Å². The summed E-state index contributed by atoms with van der Waals surface area (Å²) < 4.78 is 59.9. The number of halogens is 4. The van der Waals surface area contributed by atoms with E-state index in [1.54, 1.807) is 12.1 Å². The molecule has 0 amide bonds. The van der Waals surface area contributed by atoms with E-state index in [1.807, 2.05) is 4.90 Å². The number of pyridine rings is 1. The lowest BCUT2D eigenvalue weighted by molar-refractivity contribution is -0.256. The minimum absolute atomic E-state index is 0.101. The number of carbonyl (C=O) groups is 1. The van der Waals surface area contributed by atoms with Crippen LogP contribution in [0, 0.1) is 17.2 Å². The number of rotatable bonds is 7. The minimum atomic E-state index is -4.13. The molecule has 2 fully saturated rings. The van der Waals surface area contributed by atoms with Crippen molar-refractivity contribution in [3.05, 3.63) is 47.9 Å². The molecule has 1 aliphatic carbocycles. The quantitative estimate of drug-likeness (QED) is 0.553. The molecule has 0 spiro atoms. The third-order valence-corrected chi connectivity index (χ3v) is 6.86. The van der Waals surface area contributed by atoms with E-state index in [0.29, 0.717) is 43.1 Å². The smallest absolute Gasteiger partial charge is 0.395 e. The minimum Gasteiger partial charge on any atom is -0.492 e. The van der Waals surface area contributed by atoms with Crippen LogP contribution < -0.4 is 4.74 Å². The maximum atomic E-state index is 13.9. The Morgan fingerprint density at radius 1 is 1.18 bits per heavy atom. The second-order valence-corrected chi connectivity index (χ2v) is 9.04. The number of piperidine rings is 1. The maximum Gasteiger partial charge on any atom is 0.395 e. The van der Waals surface area contributed by atoms with E-state index >= 15 is 0 Å². The summed E-state index contributed by atoms with van der Waals surface area (Å²) in [5.41, 5.74) is -0.965. The van der Waals surface area contributed by atoms with Gasteiger partial charge in [0.05, 0.1) is 29.5 Å². The number of carboxylic acid groups (broad SMARTS) is 1. The lowest BCUT2D eigenvalue weighted by Crippen LogP contribution is -2.53. The fourth-order valence-corrected chi connectivity index (χ4v) is 4.57. The van der Waals surface area contributed by atoms with Crippen LogP contribution in [-0.4, -0.2) is 53.4 Å². The van der Waals surface area contributed by atoms with Crippen LogP contribution in [0.5, 0.6) is 5.75 Å². The second-order valence-electron chi connectivity index (χ2n) is 9.04. The molecule has 0 radical (unpaired) electrons. The molecule has 33 heavy (non-hydrogen) atoms. The van der Waals surface area contributed by atoms with Crippen LogP contribution in [0.4, 0.5) is 17.6 Å². The number of likely N-dealkylation sites (tertiary alicyclic amines) is 1. The van der Waals surface area contributed by atoms with Crippen molar-refractivity contribution in [2.45, 2.75) is 38.3 Å². The summed E-state index contributed by atoms with van der Waals surface area (Å²) in [4.78, 5) is 17.1. The molecule has 9 heteroatoms. The van der Waals surface area contributed by atoms with Gasteiger partial charge in [-0.2, -0.15) is 13.2 Å². The van der Waals surface area contributed by atoms with E-state index < -0.39 is 28.9 Å². The van der Waals surface area contributed by atoms with Gasteiger partial charge in [0.1, 0.15) is 11.6 Å². The number of nitrogens with zero attached hydrogens (tertiary/aromatic N) is 2. The van der Waals surface area contributed by atoms with E-state index in [0.717, 1.165) is 18.9 Å². The predicted molar refractivity (Wildman–Crippen MR) is 114 cm³/mol. The van der Waals surface area contributed by atoms with Gasteiger partial charge in [-0.15, -0.1) is 0 Å². The number of ether oxygens (including phenoxy) is 1. The Bertz CT molecular complexity index is 982. The maximum absolute atomic E-state index is 13.9. The van der Waals surface area contributed by atoms with Crippen LogP contribution in [0.1, 0.15) is 42.5 Å². The molecule has 1 saturated heterocycles. The Morgan fingerprint density at radius 3 is 2.42 bits per heavy atom. The third-order valence-electron chi connectivity index (χ3n) is 6.86. The zero-order chi connectivity index (χ0) is 23.6. The van der Waals surface area contributed by atoms with Crippen LogP contribution in [0.2, 0.25) is 0 Å². The Hall–Kier alpha value is -2.68. The zero-order valence-corrected chi connectivity index (χ0v) is 18.1. The fraction of sp³-hybridized carbons (Fsp3) is 0.500. The molecule has 1 saturated carbocycles. The molecule has 2 aromatic rings. The van der Waals surface area contributed by atoms with Crippen molar-refractivity contribution < 1.29 is 32.2 Å². The summed E-state index contributed by atoms with van der Waals surface area (Å²) in [6, 6.07) is 7.21. The highest BCUT2D eigenvalue weighted by Crippen LogP contribution is 2.53. The van der Waals surface area contributed by atoms with Crippen LogP contribution in [0.3, 0.4) is 0 Å². The number of alkyl halides is 3. The summed E-state index contributed by atoms with van der Waals surface area (Å²) in [5, 5.41) is 8.92. The summed E-state index contributed by atoms with van der Waals surface area (Å²) in [6.07, 6.45) is 0.0892. The van der Waals surface area contributed by atoms with Gasteiger partial charge in [0.2, 0.25) is 0 Å². The van der Waals surface area contributed by atoms with Gasteiger partial charge < -0.3 is 14.7 Å². The van der Waals surface area contributed by atoms with E-state index in [2.05, 4.69) is 4.98 Å². The van der Waals surface area contributed by atoms with Gasteiger partial charge in [-0.1, -0.05) is 12.5 Å². The van der Waals surface area contributed by atoms with E-state index in [9.17, 15) is 22.4 Å². The molecule has 1 N–H and O–H groups in total. The standard InChI is InChI=1S/C24H26F4N2O3/c25-20-12-17(2-4-19(20)22(31)32)21-5-3-18(13-29-21)33-14-16-6-10-30(11-7-16)15-23(8-1-9-23)24(26,27)28/h2-5,12-13,16H,1,6-11,14-15H2,(H,31,32). The van der Waals surface area contributed by atoms with Crippen molar-refractivity contribution in [1.82, 2.24) is 9.88 Å². The molecule has 1 aliphatic heterocycles. The Labute approximate surface area is 189 Å². The molecule has 178 valence electrons. The third kappa shape index (κ3) is 5.13. The Morgan fingerprint density at radius 2 is 1.91 bits per heavy atom. The van der Waals surface area contributed by atoms with Crippen LogP contribution in [0.25, 0.3) is 11.3 Å². The molecule has 5 nitrogen and oxygen atoms in total. The topological polar surface area (TPSA) is 62.7 Å². The number of aromatic carboxylic acids is 1. The van der Waals surface area contributed by atoms with Gasteiger partial charge in [0, 0.05) is 12.1 Å². The normalized spacial score (nSPS) is 19.2. The van der Waals surface area contributed by atoms with Gasteiger partial charge in [0.15, 0.2) is 0 Å². The molecule has 1 aromatic heterocycles. The molecular formula is C24H26F4N2O3. The molecule has 2 aliphatic rings. The zero-order valence-electron chi connectivity index (χ0n) is 18.1. The first-order valence-electron chi connectivity index (χ1n) is 11.1. The van der Waals surface area contributed by atoms with Gasteiger partial charge in [-0.05, 0) is 69.0 Å². The summed E-state index contributed by atoms with van der Waals surface area (Å²) in [7, 11) is 0. The highest BCUT2D eigenvalue weighted by molar-refractivity contribution is 5.88. The van der Waals surface area contributed by atoms with Crippen molar-refractivity contribution >= 4 is 5.97 Å². The summed E-state index contributed by atoms with van der Waals surface area (Å²) >= 11 is 0. The van der Waals surface area contributed by atoms with Crippen LogP contribution in [-0.2, 0) is 0 Å². The van der Waals surface area contributed by atoms with Crippen molar-refractivity contribution in [3.8, 4) is 17.0 Å². The molecule has 0 bridgehead atoms. The fourth-order valence-electron chi connectivity index (χ4n) is 4.57. The SMILES string of the molecule is O=C(O)c1ccc(-c2ccc(OCC3CCN(CC4(C(F)(F)F)CCC4)CC3)cn2)cc1F. The monoisotopic (exact) mass is 466 g/mol. The average Bonchev–Trinajstić information content (AvgIpc) is 2.75. The Kier molecular flexibility index (Phi) is 6.61. The molecular weight excluding hydrogens is 440 g/mol. The molecule has 4 rings (SSSR count). The van der Waals surface area contributed by atoms with Gasteiger partial charge in [0.25, 0.3) is 0 Å². The first-order valence-corrected chi connectivity index (χ1v) is 11.1. The van der Waals surface area contributed by atoms with Crippen molar-refractivity contribution in [2.75, 3.05) is 26.2 Å². The first kappa shape index (κ1) is 23.5.